The van der Waals surface area contributed by atoms with Crippen LogP contribution >= 0.6 is 0 Å². The highest BCUT2D eigenvalue weighted by atomic mass is 19.1. The highest BCUT2D eigenvalue weighted by Gasteiger charge is 2.17. The number of benzene rings is 1. The Morgan fingerprint density at radius 2 is 1.92 bits per heavy atom. The molecule has 0 saturated heterocycles. The van der Waals surface area contributed by atoms with Crippen LogP contribution in [0.4, 0.5) is 10.1 Å². The van der Waals surface area contributed by atoms with Gasteiger partial charge in [0.25, 0.3) is 0 Å². The van der Waals surface area contributed by atoms with Crippen LogP contribution in [0.25, 0.3) is 55.8 Å². The molecule has 6 rings (SSSR count). The third-order valence-corrected chi connectivity index (χ3v) is 5.96. The predicted molar refractivity (Wildman–Crippen MR) is 137 cm³/mol. The number of imidazole rings is 1. The number of aromatic nitrogens is 8. The number of aromatic amines is 3. The molecule has 0 amide bonds. The first-order chi connectivity index (χ1) is 17.5. The van der Waals surface area contributed by atoms with Gasteiger partial charge in [0.15, 0.2) is 5.82 Å². The summed E-state index contributed by atoms with van der Waals surface area (Å²) < 4.78 is 14.5. The number of fused-ring (bicyclic) bond motifs is 2. The van der Waals surface area contributed by atoms with Crippen molar-refractivity contribution < 1.29 is 4.39 Å². The molecular formula is C25H23FN10. The lowest BCUT2D eigenvalue weighted by Crippen LogP contribution is -2.20. The minimum absolute atomic E-state index is 0.329. The molecule has 4 N–H and O–H groups in total. The number of hydrogen-bond acceptors (Lipinski definition) is 7. The average Bonchev–Trinajstić information content (AvgIpc) is 3.62. The molecule has 0 bridgehead atoms. The van der Waals surface area contributed by atoms with Gasteiger partial charge in [-0.05, 0) is 43.9 Å². The van der Waals surface area contributed by atoms with Crippen molar-refractivity contribution in [3.63, 3.8) is 0 Å². The Bertz CT molecular complexity index is 1670. The topological polar surface area (TPSA) is 127 Å². The third-order valence-electron chi connectivity index (χ3n) is 5.96. The maximum Gasteiger partial charge on any atom is 0.159 e. The van der Waals surface area contributed by atoms with Gasteiger partial charge in [0.05, 0.1) is 40.8 Å². The largest absolute Gasteiger partial charge is 0.384 e. The van der Waals surface area contributed by atoms with E-state index in [1.807, 2.05) is 26.2 Å². The molecule has 6 aromatic rings. The van der Waals surface area contributed by atoms with Crippen LogP contribution in [-0.4, -0.2) is 72.4 Å². The number of pyridine rings is 2. The maximum absolute atomic E-state index is 14.5. The Kier molecular flexibility index (Phi) is 5.38. The minimum atomic E-state index is -0.329. The number of rotatable bonds is 7. The fraction of sp³-hybridized carbons (Fsp3) is 0.160. The molecule has 5 heterocycles. The number of H-pyrrole nitrogens is 3. The summed E-state index contributed by atoms with van der Waals surface area (Å²) in [5.41, 5.74) is 6.63. The monoisotopic (exact) mass is 482 g/mol. The lowest BCUT2D eigenvalue weighted by atomic mass is 10.1. The summed E-state index contributed by atoms with van der Waals surface area (Å²) in [5.74, 6) is 0.251. The zero-order valence-corrected chi connectivity index (χ0v) is 19.7. The third kappa shape index (κ3) is 4.05. The quantitative estimate of drug-likeness (QED) is 0.270. The normalized spacial score (nSPS) is 11.7. The number of nitrogens with zero attached hydrogens (tertiary/aromatic N) is 6. The first-order valence-corrected chi connectivity index (χ1v) is 11.4. The van der Waals surface area contributed by atoms with E-state index in [4.69, 9.17) is 4.98 Å². The van der Waals surface area contributed by atoms with Gasteiger partial charge in [-0.25, -0.2) is 9.37 Å². The molecule has 5 aromatic heterocycles. The van der Waals surface area contributed by atoms with Gasteiger partial charge in [-0.15, -0.1) is 0 Å². The van der Waals surface area contributed by atoms with E-state index in [1.165, 1.54) is 12.1 Å². The van der Waals surface area contributed by atoms with Crippen molar-refractivity contribution in [2.75, 3.05) is 32.5 Å². The molecular weight excluding hydrogens is 459 g/mol. The standard InChI is InChI=1S/C25H23FN10/c1-36(2)4-3-28-17-6-14(5-16(26)7-17)19-11-27-12-22-23(19)33-25(32-22)24-18-8-20(15-9-30-31-10-15)29-13-21(18)34-35-24/h5-13,28H,3-4H2,1-2H3,(H,30,31)(H,32,33)(H,34,35). The summed E-state index contributed by atoms with van der Waals surface area (Å²) in [6, 6.07) is 6.85. The molecule has 0 aliphatic rings. The van der Waals surface area contributed by atoms with Crippen molar-refractivity contribution in [1.82, 2.24) is 45.2 Å². The number of hydrogen-bond donors (Lipinski definition) is 4. The van der Waals surface area contributed by atoms with Crippen LogP contribution in [0.1, 0.15) is 0 Å². The fourth-order valence-electron chi connectivity index (χ4n) is 4.17. The molecule has 0 unspecified atom stereocenters. The minimum Gasteiger partial charge on any atom is -0.384 e. The molecule has 0 radical (unpaired) electrons. The fourth-order valence-corrected chi connectivity index (χ4v) is 4.17. The predicted octanol–water partition coefficient (Wildman–Crippen LogP) is 4.07. The van der Waals surface area contributed by atoms with Gasteiger partial charge in [-0.2, -0.15) is 10.2 Å². The first kappa shape index (κ1) is 21.9. The van der Waals surface area contributed by atoms with Crippen LogP contribution in [0, 0.1) is 5.82 Å². The lowest BCUT2D eigenvalue weighted by Gasteiger charge is -2.12. The van der Waals surface area contributed by atoms with E-state index in [9.17, 15) is 4.39 Å². The van der Waals surface area contributed by atoms with Gasteiger partial charge in [0.1, 0.15) is 11.5 Å². The van der Waals surface area contributed by atoms with Crippen LogP contribution in [0.15, 0.2) is 55.2 Å². The van der Waals surface area contributed by atoms with E-state index in [2.05, 4.69) is 45.6 Å². The van der Waals surface area contributed by atoms with E-state index in [-0.39, 0.29) is 5.82 Å². The van der Waals surface area contributed by atoms with Gasteiger partial charge in [0, 0.05) is 47.7 Å². The van der Waals surface area contributed by atoms with Gasteiger partial charge >= 0.3 is 0 Å². The first-order valence-electron chi connectivity index (χ1n) is 11.4. The van der Waals surface area contributed by atoms with Gasteiger partial charge in [0.2, 0.25) is 0 Å². The summed E-state index contributed by atoms with van der Waals surface area (Å²) in [7, 11) is 4.00. The van der Waals surface area contributed by atoms with E-state index >= 15 is 0 Å². The number of likely N-dealkylation sites (N-methyl/N-ethyl adjacent to an activating group) is 1. The Labute approximate surface area is 205 Å². The van der Waals surface area contributed by atoms with E-state index in [1.54, 1.807) is 31.0 Å². The Morgan fingerprint density at radius 1 is 1.00 bits per heavy atom. The van der Waals surface area contributed by atoms with Gasteiger partial charge in [-0.1, -0.05) is 0 Å². The maximum atomic E-state index is 14.5. The van der Waals surface area contributed by atoms with Crippen LogP contribution < -0.4 is 5.32 Å². The number of halogens is 1. The SMILES string of the molecule is CN(C)CCNc1cc(F)cc(-c2cncc3[nH]c(-c4n[nH]c5cnc(-c6cn[nH]c6)cc45)nc23)c1. The van der Waals surface area contributed by atoms with Crippen molar-refractivity contribution in [2.24, 2.45) is 0 Å². The van der Waals surface area contributed by atoms with Crippen LogP contribution in [0.5, 0.6) is 0 Å². The molecule has 180 valence electrons. The van der Waals surface area contributed by atoms with E-state index in [0.717, 1.165) is 39.8 Å². The molecule has 0 aliphatic carbocycles. The highest BCUT2D eigenvalue weighted by Crippen LogP contribution is 2.33. The molecule has 0 fully saturated rings. The smallest absolute Gasteiger partial charge is 0.159 e. The molecule has 10 nitrogen and oxygen atoms in total. The second-order valence-electron chi connectivity index (χ2n) is 8.80. The molecule has 0 atom stereocenters. The number of nitrogens with one attached hydrogen (secondary N) is 4. The van der Waals surface area contributed by atoms with E-state index in [0.29, 0.717) is 34.8 Å². The summed E-state index contributed by atoms with van der Waals surface area (Å²) in [6.45, 7) is 1.54. The van der Waals surface area contributed by atoms with Gasteiger partial charge in [-0.3, -0.25) is 20.2 Å². The summed E-state index contributed by atoms with van der Waals surface area (Å²) in [4.78, 5) is 19.1. The van der Waals surface area contributed by atoms with Gasteiger partial charge < -0.3 is 15.2 Å². The molecule has 0 spiro atoms. The highest BCUT2D eigenvalue weighted by molar-refractivity contribution is 5.97. The van der Waals surface area contributed by atoms with Crippen molar-refractivity contribution >= 4 is 27.6 Å². The molecule has 36 heavy (non-hydrogen) atoms. The van der Waals surface area contributed by atoms with Crippen LogP contribution in [-0.2, 0) is 0 Å². The number of anilines is 1. The van der Waals surface area contributed by atoms with Crippen molar-refractivity contribution in [3.05, 3.63) is 61.1 Å². The molecule has 0 aliphatic heterocycles. The average molecular weight is 483 g/mol. The summed E-state index contributed by atoms with van der Waals surface area (Å²) in [5, 5.41) is 18.5. The van der Waals surface area contributed by atoms with Crippen LogP contribution in [0.3, 0.4) is 0 Å². The van der Waals surface area contributed by atoms with Crippen molar-refractivity contribution in [1.29, 1.82) is 0 Å². The summed E-state index contributed by atoms with van der Waals surface area (Å²) in [6.07, 6.45) is 8.65. The van der Waals surface area contributed by atoms with Crippen molar-refractivity contribution in [3.8, 4) is 33.9 Å². The summed E-state index contributed by atoms with van der Waals surface area (Å²) >= 11 is 0. The molecule has 0 saturated carbocycles. The Hall–Kier alpha value is -4.64. The lowest BCUT2D eigenvalue weighted by molar-refractivity contribution is 0.425. The zero-order valence-electron chi connectivity index (χ0n) is 19.7. The zero-order chi connectivity index (χ0) is 24.6. The Morgan fingerprint density at radius 3 is 2.75 bits per heavy atom. The Balaban J connectivity index is 1.41. The van der Waals surface area contributed by atoms with E-state index < -0.39 is 0 Å². The van der Waals surface area contributed by atoms with Crippen molar-refractivity contribution in [2.45, 2.75) is 0 Å². The second-order valence-corrected chi connectivity index (χ2v) is 8.80. The molecule has 11 heteroatoms. The molecule has 1 aromatic carbocycles. The van der Waals surface area contributed by atoms with Crippen LogP contribution in [0.2, 0.25) is 0 Å². The second kappa shape index (κ2) is 8.86.